The lowest BCUT2D eigenvalue weighted by Gasteiger charge is -2.10. The smallest absolute Gasteiger partial charge is 0.431 e. The topological polar surface area (TPSA) is 80.6 Å². The van der Waals surface area contributed by atoms with Crippen LogP contribution < -0.4 is 5.43 Å². The number of carbonyl (C=O) groups is 2. The third-order valence-electron chi connectivity index (χ3n) is 3.10. The number of alkyl halides is 3. The average molecular weight is 464 g/mol. The van der Waals surface area contributed by atoms with Gasteiger partial charge in [-0.2, -0.15) is 18.3 Å². The number of ether oxygens (including phenoxy) is 1. The lowest BCUT2D eigenvalue weighted by molar-refractivity contribution is -0.0602. The van der Waals surface area contributed by atoms with E-state index in [1.807, 2.05) is 0 Å². The van der Waals surface area contributed by atoms with E-state index in [9.17, 15) is 22.8 Å². The molecule has 27 heavy (non-hydrogen) atoms. The molecule has 144 valence electrons. The monoisotopic (exact) mass is 463 g/mol. The van der Waals surface area contributed by atoms with Gasteiger partial charge in [-0.25, -0.2) is 9.78 Å². The van der Waals surface area contributed by atoms with Crippen LogP contribution in [-0.4, -0.2) is 35.2 Å². The maximum atomic E-state index is 13.2. The van der Waals surface area contributed by atoms with Gasteiger partial charge in [-0.05, 0) is 19.1 Å². The van der Waals surface area contributed by atoms with Crippen molar-refractivity contribution < 1.29 is 27.5 Å². The zero-order valence-electron chi connectivity index (χ0n) is 13.8. The van der Waals surface area contributed by atoms with E-state index in [4.69, 9.17) is 4.74 Å². The Bertz CT molecular complexity index is 851. The fourth-order valence-corrected chi connectivity index (χ4v) is 2.72. The molecule has 11 heteroatoms. The fraction of sp³-hybridized carbons (Fsp3) is 0.250. The molecule has 0 bridgehead atoms. The second-order valence-electron chi connectivity index (χ2n) is 5.03. The molecule has 6 nitrogen and oxygen atoms in total. The molecule has 0 fully saturated rings. The van der Waals surface area contributed by atoms with E-state index in [0.717, 1.165) is 11.3 Å². The summed E-state index contributed by atoms with van der Waals surface area (Å²) in [5.74, 6) is -1.42. The third-order valence-corrected chi connectivity index (χ3v) is 4.37. The predicted octanol–water partition coefficient (Wildman–Crippen LogP) is 4.69. The van der Waals surface area contributed by atoms with Crippen LogP contribution in [0.15, 0.2) is 39.2 Å². The van der Waals surface area contributed by atoms with Crippen molar-refractivity contribution in [2.75, 3.05) is 12.0 Å². The van der Waals surface area contributed by atoms with E-state index in [1.165, 1.54) is 17.5 Å². The zero-order valence-corrected chi connectivity index (χ0v) is 16.2. The molecule has 1 aromatic heterocycles. The molecule has 1 N–H and O–H groups in total. The van der Waals surface area contributed by atoms with Crippen LogP contribution in [0.25, 0.3) is 0 Å². The van der Waals surface area contributed by atoms with Crippen LogP contribution in [0.4, 0.5) is 18.3 Å². The Morgan fingerprint density at radius 2 is 1.96 bits per heavy atom. The third kappa shape index (κ3) is 6.14. The van der Waals surface area contributed by atoms with E-state index >= 15 is 0 Å². The van der Waals surface area contributed by atoms with Crippen molar-refractivity contribution in [1.82, 2.24) is 4.98 Å². The van der Waals surface area contributed by atoms with Crippen LogP contribution >= 0.6 is 27.3 Å². The number of ketones is 1. The lowest BCUT2D eigenvalue weighted by Crippen LogP contribution is -2.27. The molecule has 0 aliphatic heterocycles. The van der Waals surface area contributed by atoms with Gasteiger partial charge in [0.05, 0.1) is 13.0 Å². The number of carbonyl (C=O) groups excluding carboxylic acids is 2. The summed E-state index contributed by atoms with van der Waals surface area (Å²) in [5.41, 5.74) is 0.931. The van der Waals surface area contributed by atoms with Crippen LogP contribution in [-0.2, 0) is 4.74 Å². The van der Waals surface area contributed by atoms with Gasteiger partial charge in [0.25, 0.3) is 0 Å². The highest BCUT2D eigenvalue weighted by molar-refractivity contribution is 9.10. The van der Waals surface area contributed by atoms with E-state index < -0.39 is 30.1 Å². The Morgan fingerprint density at radius 3 is 2.56 bits per heavy atom. The summed E-state index contributed by atoms with van der Waals surface area (Å²) in [6, 6.07) is 5.95. The molecule has 0 saturated heterocycles. The Labute approximate surface area is 164 Å². The van der Waals surface area contributed by atoms with Crippen LogP contribution in [0.2, 0.25) is 0 Å². The van der Waals surface area contributed by atoms with Gasteiger partial charge < -0.3 is 4.74 Å². The highest BCUT2D eigenvalue weighted by atomic mass is 79.9. The normalized spacial score (nSPS) is 12.0. The lowest BCUT2D eigenvalue weighted by atomic mass is 10.1. The van der Waals surface area contributed by atoms with E-state index in [2.05, 4.69) is 31.4 Å². The molecule has 0 unspecified atom stereocenters. The molecule has 0 saturated carbocycles. The number of esters is 1. The molecular formula is C16H13BrF3N3O3S. The highest BCUT2D eigenvalue weighted by Gasteiger charge is 2.37. The van der Waals surface area contributed by atoms with Gasteiger partial charge in [0.1, 0.15) is 5.71 Å². The molecule has 0 amide bonds. The number of hydrogen-bond donors (Lipinski definition) is 1. The number of rotatable bonds is 7. The molecule has 0 aliphatic rings. The van der Waals surface area contributed by atoms with Crippen LogP contribution in [0.3, 0.4) is 0 Å². The first-order chi connectivity index (χ1) is 12.7. The number of nitrogens with zero attached hydrogens (tertiary/aromatic N) is 2. The van der Waals surface area contributed by atoms with Crippen molar-refractivity contribution in [3.05, 3.63) is 45.4 Å². The minimum Gasteiger partial charge on any atom is -0.461 e. The van der Waals surface area contributed by atoms with E-state index in [0.29, 0.717) is 4.47 Å². The predicted molar refractivity (Wildman–Crippen MR) is 98.3 cm³/mol. The number of hydrogen-bond acceptors (Lipinski definition) is 7. The number of thiazole rings is 1. The summed E-state index contributed by atoms with van der Waals surface area (Å²) in [4.78, 5) is 27.4. The maximum Gasteiger partial charge on any atom is 0.431 e. The van der Waals surface area contributed by atoms with Crippen molar-refractivity contribution in [1.29, 1.82) is 0 Å². The van der Waals surface area contributed by atoms with Gasteiger partial charge in [0, 0.05) is 15.4 Å². The van der Waals surface area contributed by atoms with Gasteiger partial charge in [-0.1, -0.05) is 28.1 Å². The van der Waals surface area contributed by atoms with Gasteiger partial charge in [0.15, 0.2) is 11.5 Å². The number of halogens is 4. The molecule has 0 atom stereocenters. The van der Waals surface area contributed by atoms with E-state index in [-0.39, 0.29) is 23.0 Å². The summed E-state index contributed by atoms with van der Waals surface area (Å²) < 4.78 is 45.0. The Hall–Kier alpha value is -2.27. The average Bonchev–Trinajstić information content (AvgIpc) is 3.07. The molecule has 2 aromatic rings. The SMILES string of the molecule is CCOC(=O)c1csc(N/N=C(/CC(=O)c2ccc(Br)cc2)C(F)(F)F)n1. The standard InChI is InChI=1S/C16H13BrF3N3O3S/c1-2-26-14(25)11-8-27-15(21-11)23-22-13(16(18,19)20)7-12(24)9-3-5-10(17)6-4-9/h3-6,8H,2,7H2,1H3,(H,21,23)/b22-13-. The van der Waals surface area contributed by atoms with Crippen LogP contribution in [0.5, 0.6) is 0 Å². The Balaban J connectivity index is 2.13. The van der Waals surface area contributed by atoms with Gasteiger partial charge in [-0.15, -0.1) is 11.3 Å². The molecule has 1 aromatic carbocycles. The van der Waals surface area contributed by atoms with Gasteiger partial charge in [0.2, 0.25) is 5.13 Å². The maximum absolute atomic E-state index is 13.2. The summed E-state index contributed by atoms with van der Waals surface area (Å²) in [7, 11) is 0. The molecule has 0 aliphatic carbocycles. The van der Waals surface area contributed by atoms with E-state index in [1.54, 1.807) is 19.1 Å². The molecular weight excluding hydrogens is 451 g/mol. The van der Waals surface area contributed by atoms with Crippen LogP contribution in [0, 0.1) is 0 Å². The number of nitrogens with one attached hydrogen (secondary N) is 1. The number of hydrazone groups is 1. The van der Waals surface area contributed by atoms with Crippen molar-refractivity contribution in [2.24, 2.45) is 5.10 Å². The van der Waals surface area contributed by atoms with Crippen molar-refractivity contribution in [3.8, 4) is 0 Å². The first-order valence-electron chi connectivity index (χ1n) is 7.52. The molecule has 1 heterocycles. The summed E-state index contributed by atoms with van der Waals surface area (Å²) in [6.45, 7) is 1.76. The number of anilines is 1. The second-order valence-corrected chi connectivity index (χ2v) is 6.81. The van der Waals surface area contributed by atoms with Gasteiger partial charge in [-0.3, -0.25) is 10.2 Å². The first-order valence-corrected chi connectivity index (χ1v) is 9.19. The largest absolute Gasteiger partial charge is 0.461 e. The summed E-state index contributed by atoms with van der Waals surface area (Å²) in [6.07, 6.45) is -5.74. The molecule has 0 spiro atoms. The number of Topliss-reactive ketones (excluding diaryl/α,β-unsaturated/α-hetero) is 1. The zero-order chi connectivity index (χ0) is 20.0. The Kier molecular flexibility index (Phi) is 7.08. The first kappa shape index (κ1) is 21.0. The quantitative estimate of drug-likeness (QED) is 0.279. The van der Waals surface area contributed by atoms with Crippen molar-refractivity contribution >= 4 is 49.9 Å². The number of aromatic nitrogens is 1. The second kappa shape index (κ2) is 9.09. The van der Waals surface area contributed by atoms with Gasteiger partial charge >= 0.3 is 12.1 Å². The fourth-order valence-electron chi connectivity index (χ4n) is 1.83. The van der Waals surface area contributed by atoms with Crippen molar-refractivity contribution in [3.63, 3.8) is 0 Å². The Morgan fingerprint density at radius 1 is 1.30 bits per heavy atom. The summed E-state index contributed by atoms with van der Waals surface area (Å²) in [5, 5.41) is 4.57. The minimum atomic E-state index is -4.81. The summed E-state index contributed by atoms with van der Waals surface area (Å²) >= 11 is 4.07. The molecule has 2 rings (SSSR count). The van der Waals surface area contributed by atoms with Crippen LogP contribution in [0.1, 0.15) is 34.2 Å². The minimum absolute atomic E-state index is 0.0316. The number of benzene rings is 1. The van der Waals surface area contributed by atoms with Crippen molar-refractivity contribution in [2.45, 2.75) is 19.5 Å². The molecule has 0 radical (unpaired) electrons. The highest BCUT2D eigenvalue weighted by Crippen LogP contribution is 2.23.